The second-order valence-electron chi connectivity index (χ2n) is 4.42. The first-order valence-electron chi connectivity index (χ1n) is 6.03. The minimum Gasteiger partial charge on any atom is -0.493 e. The normalized spacial score (nSPS) is 11.2. The number of halogens is 1. The predicted octanol–water partition coefficient (Wildman–Crippen LogP) is 3.69. The molecule has 1 aromatic carbocycles. The first-order valence-corrected chi connectivity index (χ1v) is 6.82. The summed E-state index contributed by atoms with van der Waals surface area (Å²) in [5.41, 5.74) is 0.236. The van der Waals surface area contributed by atoms with Crippen molar-refractivity contribution < 1.29 is 14.3 Å². The van der Waals surface area contributed by atoms with Gasteiger partial charge in [-0.05, 0) is 61.3 Å². The maximum absolute atomic E-state index is 11.9. The Morgan fingerprint density at radius 3 is 2.44 bits per heavy atom. The Labute approximate surface area is 117 Å². The summed E-state index contributed by atoms with van der Waals surface area (Å²) in [6.45, 7) is 8.45. The van der Waals surface area contributed by atoms with Crippen molar-refractivity contribution in [3.8, 4) is 5.75 Å². The Morgan fingerprint density at radius 1 is 1.28 bits per heavy atom. The second kappa shape index (κ2) is 6.23. The van der Waals surface area contributed by atoms with E-state index in [1.807, 2.05) is 45.9 Å². The number of carbonyl (C=O) groups excluding carboxylic acids is 1. The second-order valence-corrected chi connectivity index (χ2v) is 5.28. The van der Waals surface area contributed by atoms with Crippen LogP contribution >= 0.6 is 15.9 Å². The van der Waals surface area contributed by atoms with Gasteiger partial charge in [-0.2, -0.15) is 0 Å². The fraction of sp³-hybridized carbons (Fsp3) is 0.500. The van der Waals surface area contributed by atoms with Crippen LogP contribution < -0.4 is 4.74 Å². The van der Waals surface area contributed by atoms with Gasteiger partial charge in [0, 0.05) is 0 Å². The lowest BCUT2D eigenvalue weighted by Gasteiger charge is -2.23. The molecule has 0 aliphatic carbocycles. The van der Waals surface area contributed by atoms with Gasteiger partial charge in [0.15, 0.2) is 0 Å². The van der Waals surface area contributed by atoms with Crippen LogP contribution in [0.5, 0.6) is 5.75 Å². The molecule has 0 aromatic heterocycles. The third kappa shape index (κ3) is 3.25. The molecule has 1 aromatic rings. The summed E-state index contributed by atoms with van der Waals surface area (Å²) in [6, 6.07) is 5.67. The zero-order valence-corrected chi connectivity index (χ0v) is 12.8. The summed E-state index contributed by atoms with van der Waals surface area (Å²) in [4.78, 5) is 11.9. The topological polar surface area (TPSA) is 35.5 Å². The summed E-state index contributed by atoms with van der Waals surface area (Å²) in [7, 11) is 0. The van der Waals surface area contributed by atoms with Crippen LogP contribution in [0, 0.1) is 0 Å². The molecular formula is C14H19BrO3. The Balaban J connectivity index is 3.03. The third-order valence-corrected chi connectivity index (χ3v) is 3.36. The average molecular weight is 315 g/mol. The molecule has 0 atom stereocenters. The lowest BCUT2D eigenvalue weighted by Crippen LogP contribution is -2.31. The fourth-order valence-corrected chi connectivity index (χ4v) is 2.08. The Bertz CT molecular complexity index is 427. The van der Waals surface area contributed by atoms with Crippen LogP contribution in [0.3, 0.4) is 0 Å². The van der Waals surface area contributed by atoms with E-state index in [2.05, 4.69) is 15.9 Å². The molecule has 0 amide bonds. The van der Waals surface area contributed by atoms with Crippen LogP contribution in [-0.2, 0) is 14.9 Å². The maximum atomic E-state index is 11.9. The van der Waals surface area contributed by atoms with E-state index in [1.54, 1.807) is 0 Å². The standard InChI is InChI=1S/C14H19BrO3/c1-5-17-12-8-7-10(9-11(12)15)14(3,4)13(16)18-6-2/h7-9H,5-6H2,1-4H3. The van der Waals surface area contributed by atoms with Crippen molar-refractivity contribution in [2.24, 2.45) is 0 Å². The summed E-state index contributed by atoms with van der Waals surface area (Å²) in [5.74, 6) is 0.557. The van der Waals surface area contributed by atoms with Crippen molar-refractivity contribution in [1.82, 2.24) is 0 Å². The maximum Gasteiger partial charge on any atom is 0.315 e. The number of esters is 1. The summed E-state index contributed by atoms with van der Waals surface area (Å²) < 4.78 is 11.4. The molecule has 0 N–H and O–H groups in total. The van der Waals surface area contributed by atoms with Crippen LogP contribution in [-0.4, -0.2) is 19.2 Å². The van der Waals surface area contributed by atoms with Crippen molar-refractivity contribution >= 4 is 21.9 Å². The van der Waals surface area contributed by atoms with E-state index in [0.29, 0.717) is 13.2 Å². The van der Waals surface area contributed by atoms with E-state index in [4.69, 9.17) is 9.47 Å². The molecule has 0 saturated carbocycles. The number of hydrogen-bond acceptors (Lipinski definition) is 3. The Morgan fingerprint density at radius 2 is 1.94 bits per heavy atom. The lowest BCUT2D eigenvalue weighted by atomic mass is 9.85. The molecule has 0 heterocycles. The summed E-state index contributed by atoms with van der Waals surface area (Å²) in [6.07, 6.45) is 0. The smallest absolute Gasteiger partial charge is 0.315 e. The molecule has 0 bridgehead atoms. The van der Waals surface area contributed by atoms with Crippen molar-refractivity contribution in [1.29, 1.82) is 0 Å². The number of rotatable bonds is 5. The van der Waals surface area contributed by atoms with Gasteiger partial charge in [-0.15, -0.1) is 0 Å². The Hall–Kier alpha value is -1.03. The van der Waals surface area contributed by atoms with Crippen molar-refractivity contribution in [2.45, 2.75) is 33.1 Å². The number of ether oxygens (including phenoxy) is 2. The predicted molar refractivity (Wildman–Crippen MR) is 75.0 cm³/mol. The average Bonchev–Trinajstić information content (AvgIpc) is 2.32. The van der Waals surface area contributed by atoms with E-state index < -0.39 is 5.41 Å². The largest absolute Gasteiger partial charge is 0.493 e. The quantitative estimate of drug-likeness (QED) is 0.778. The summed E-state index contributed by atoms with van der Waals surface area (Å²) in [5, 5.41) is 0. The van der Waals surface area contributed by atoms with Crippen LogP contribution in [0.25, 0.3) is 0 Å². The van der Waals surface area contributed by atoms with Crippen molar-refractivity contribution in [3.63, 3.8) is 0 Å². The van der Waals surface area contributed by atoms with Crippen molar-refractivity contribution in [2.75, 3.05) is 13.2 Å². The molecule has 3 nitrogen and oxygen atoms in total. The molecule has 0 unspecified atom stereocenters. The van der Waals surface area contributed by atoms with Crippen LogP contribution in [0.1, 0.15) is 33.3 Å². The first kappa shape index (κ1) is 15.0. The van der Waals surface area contributed by atoms with Crippen LogP contribution in [0.15, 0.2) is 22.7 Å². The van der Waals surface area contributed by atoms with Gasteiger partial charge < -0.3 is 9.47 Å². The fourth-order valence-electron chi connectivity index (χ4n) is 1.59. The number of benzene rings is 1. The minimum atomic E-state index is -0.663. The number of carbonyl (C=O) groups is 1. The molecule has 0 aliphatic heterocycles. The third-order valence-electron chi connectivity index (χ3n) is 2.74. The zero-order chi connectivity index (χ0) is 13.8. The first-order chi connectivity index (χ1) is 8.43. The highest BCUT2D eigenvalue weighted by atomic mass is 79.9. The molecule has 100 valence electrons. The highest BCUT2D eigenvalue weighted by Crippen LogP contribution is 2.32. The molecule has 0 aliphatic rings. The van der Waals surface area contributed by atoms with Crippen LogP contribution in [0.2, 0.25) is 0 Å². The van der Waals surface area contributed by atoms with Gasteiger partial charge in [0.25, 0.3) is 0 Å². The van der Waals surface area contributed by atoms with Gasteiger partial charge in [-0.25, -0.2) is 0 Å². The molecule has 18 heavy (non-hydrogen) atoms. The molecule has 0 radical (unpaired) electrons. The zero-order valence-electron chi connectivity index (χ0n) is 11.2. The Kier molecular flexibility index (Phi) is 5.20. The van der Waals surface area contributed by atoms with Gasteiger partial charge in [0.1, 0.15) is 5.75 Å². The molecule has 0 saturated heterocycles. The monoisotopic (exact) mass is 314 g/mol. The highest BCUT2D eigenvalue weighted by Gasteiger charge is 2.31. The van der Waals surface area contributed by atoms with E-state index in [9.17, 15) is 4.79 Å². The van der Waals surface area contributed by atoms with E-state index >= 15 is 0 Å². The molecule has 0 fully saturated rings. The molecule has 1 rings (SSSR count). The van der Waals surface area contributed by atoms with Gasteiger partial charge in [-0.1, -0.05) is 6.07 Å². The number of hydrogen-bond donors (Lipinski definition) is 0. The van der Waals surface area contributed by atoms with Gasteiger partial charge in [0.2, 0.25) is 0 Å². The van der Waals surface area contributed by atoms with Crippen molar-refractivity contribution in [3.05, 3.63) is 28.2 Å². The van der Waals surface area contributed by atoms with Gasteiger partial charge in [0.05, 0.1) is 23.1 Å². The van der Waals surface area contributed by atoms with E-state index in [0.717, 1.165) is 15.8 Å². The molecule has 0 spiro atoms. The highest BCUT2D eigenvalue weighted by molar-refractivity contribution is 9.10. The van der Waals surface area contributed by atoms with Gasteiger partial charge in [-0.3, -0.25) is 4.79 Å². The molecular weight excluding hydrogens is 296 g/mol. The minimum absolute atomic E-state index is 0.221. The van der Waals surface area contributed by atoms with Crippen LogP contribution in [0.4, 0.5) is 0 Å². The SMILES string of the molecule is CCOC(=O)C(C)(C)c1ccc(OCC)c(Br)c1. The van der Waals surface area contributed by atoms with E-state index in [1.165, 1.54) is 0 Å². The summed E-state index contributed by atoms with van der Waals surface area (Å²) >= 11 is 3.45. The molecule has 4 heteroatoms. The van der Waals surface area contributed by atoms with Gasteiger partial charge >= 0.3 is 5.97 Å². The lowest BCUT2D eigenvalue weighted by molar-refractivity contribution is -0.148. The van der Waals surface area contributed by atoms with E-state index in [-0.39, 0.29) is 5.97 Å².